The normalized spacial score (nSPS) is 19.1. The van der Waals surface area contributed by atoms with Gasteiger partial charge in [-0.15, -0.1) is 0 Å². The third-order valence-corrected chi connectivity index (χ3v) is 3.78. The molecule has 0 aliphatic carbocycles. The number of nitrogens with one attached hydrogen (secondary N) is 1. The standard InChI is InChI=1S/C16H22N2O3/c1-21-15(19)12-14-16(20)17-9-11-18(14)10-5-8-13-6-3-2-4-7-13/h2-4,6-7,14H,5,8-12H2,1H3,(H,17,20)/t14-/m0/s1. The largest absolute Gasteiger partial charge is 0.469 e. The molecule has 1 aliphatic rings. The van der Waals surface area contributed by atoms with Gasteiger partial charge in [0.25, 0.3) is 0 Å². The Kier molecular flexibility index (Phi) is 5.75. The van der Waals surface area contributed by atoms with Crippen molar-refractivity contribution >= 4 is 11.9 Å². The number of piperazine rings is 1. The Bertz CT molecular complexity index is 476. The summed E-state index contributed by atoms with van der Waals surface area (Å²) < 4.78 is 4.68. The number of carbonyl (C=O) groups is 2. The minimum absolute atomic E-state index is 0.0774. The molecule has 1 atom stereocenters. The van der Waals surface area contributed by atoms with E-state index >= 15 is 0 Å². The number of amides is 1. The minimum Gasteiger partial charge on any atom is -0.469 e. The lowest BCUT2D eigenvalue weighted by atomic mass is 10.1. The predicted octanol–water partition coefficient (Wildman–Crippen LogP) is 0.983. The summed E-state index contributed by atoms with van der Waals surface area (Å²) in [6.07, 6.45) is 2.06. The molecule has 1 aromatic rings. The van der Waals surface area contributed by atoms with E-state index in [1.54, 1.807) is 0 Å². The van der Waals surface area contributed by atoms with Crippen LogP contribution < -0.4 is 5.32 Å². The summed E-state index contributed by atoms with van der Waals surface area (Å²) in [5, 5.41) is 2.81. The Morgan fingerprint density at radius 1 is 1.38 bits per heavy atom. The molecule has 0 saturated carbocycles. The van der Waals surface area contributed by atoms with E-state index < -0.39 is 6.04 Å². The van der Waals surface area contributed by atoms with Crippen LogP contribution in [0.2, 0.25) is 0 Å². The first-order valence-corrected chi connectivity index (χ1v) is 7.33. The molecule has 2 rings (SSSR count). The molecule has 1 aromatic carbocycles. The zero-order valence-electron chi connectivity index (χ0n) is 12.4. The van der Waals surface area contributed by atoms with Crippen molar-refractivity contribution < 1.29 is 14.3 Å². The Balaban J connectivity index is 1.86. The summed E-state index contributed by atoms with van der Waals surface area (Å²) in [6.45, 7) is 2.23. The molecule has 0 aromatic heterocycles. The Hall–Kier alpha value is -1.88. The average Bonchev–Trinajstić information content (AvgIpc) is 2.51. The topological polar surface area (TPSA) is 58.6 Å². The molecule has 21 heavy (non-hydrogen) atoms. The van der Waals surface area contributed by atoms with Crippen LogP contribution in [0.25, 0.3) is 0 Å². The van der Waals surface area contributed by atoms with Gasteiger partial charge in [-0.3, -0.25) is 14.5 Å². The quantitative estimate of drug-likeness (QED) is 0.794. The van der Waals surface area contributed by atoms with Crippen molar-refractivity contribution in [3.8, 4) is 0 Å². The Morgan fingerprint density at radius 3 is 2.86 bits per heavy atom. The maximum Gasteiger partial charge on any atom is 0.307 e. The van der Waals surface area contributed by atoms with Gasteiger partial charge >= 0.3 is 5.97 Å². The zero-order chi connectivity index (χ0) is 15.1. The number of rotatable bonds is 6. The molecular weight excluding hydrogens is 268 g/mol. The van der Waals surface area contributed by atoms with E-state index in [4.69, 9.17) is 0 Å². The van der Waals surface area contributed by atoms with E-state index in [0.29, 0.717) is 6.54 Å². The van der Waals surface area contributed by atoms with Crippen LogP contribution in [0, 0.1) is 0 Å². The number of ether oxygens (including phenoxy) is 1. The number of hydrogen-bond donors (Lipinski definition) is 1. The summed E-state index contributed by atoms with van der Waals surface area (Å²) in [6, 6.07) is 9.88. The third-order valence-electron chi connectivity index (χ3n) is 3.78. The molecule has 0 spiro atoms. The van der Waals surface area contributed by atoms with Gasteiger partial charge in [0.05, 0.1) is 19.6 Å². The molecule has 0 radical (unpaired) electrons. The van der Waals surface area contributed by atoms with Crippen molar-refractivity contribution in [3.63, 3.8) is 0 Å². The molecule has 1 fully saturated rings. The average molecular weight is 290 g/mol. The van der Waals surface area contributed by atoms with Crippen LogP contribution in [0.4, 0.5) is 0 Å². The smallest absolute Gasteiger partial charge is 0.307 e. The number of hydrogen-bond acceptors (Lipinski definition) is 4. The lowest BCUT2D eigenvalue weighted by Crippen LogP contribution is -2.56. The first-order chi connectivity index (χ1) is 10.2. The predicted molar refractivity (Wildman–Crippen MR) is 79.8 cm³/mol. The summed E-state index contributed by atoms with van der Waals surface area (Å²) in [5.41, 5.74) is 1.29. The van der Waals surface area contributed by atoms with Gasteiger partial charge in [0.2, 0.25) is 5.91 Å². The van der Waals surface area contributed by atoms with E-state index in [1.807, 2.05) is 18.2 Å². The lowest BCUT2D eigenvalue weighted by Gasteiger charge is -2.34. The fourth-order valence-corrected chi connectivity index (χ4v) is 2.62. The highest BCUT2D eigenvalue weighted by Gasteiger charge is 2.31. The van der Waals surface area contributed by atoms with Gasteiger partial charge in [-0.2, -0.15) is 0 Å². The molecular formula is C16H22N2O3. The summed E-state index contributed by atoms with van der Waals surface area (Å²) in [5.74, 6) is -0.420. The fraction of sp³-hybridized carbons (Fsp3) is 0.500. The molecule has 5 heteroatoms. The second-order valence-electron chi connectivity index (χ2n) is 5.21. The monoisotopic (exact) mass is 290 g/mol. The first kappa shape index (κ1) is 15.5. The van der Waals surface area contributed by atoms with Gasteiger partial charge in [0.1, 0.15) is 0 Å². The minimum atomic E-state index is -0.401. The van der Waals surface area contributed by atoms with Crippen molar-refractivity contribution in [2.45, 2.75) is 25.3 Å². The Labute approximate surface area is 125 Å². The number of aryl methyl sites for hydroxylation is 1. The molecule has 1 aliphatic heterocycles. The van der Waals surface area contributed by atoms with Crippen LogP contribution in [0.15, 0.2) is 30.3 Å². The van der Waals surface area contributed by atoms with Crippen molar-refractivity contribution in [1.29, 1.82) is 0 Å². The van der Waals surface area contributed by atoms with Gasteiger partial charge in [-0.1, -0.05) is 30.3 Å². The third kappa shape index (κ3) is 4.56. The molecule has 1 N–H and O–H groups in total. The van der Waals surface area contributed by atoms with Crippen LogP contribution in [0.1, 0.15) is 18.4 Å². The second-order valence-corrected chi connectivity index (χ2v) is 5.21. The highest BCUT2D eigenvalue weighted by molar-refractivity contribution is 5.87. The Morgan fingerprint density at radius 2 is 2.14 bits per heavy atom. The van der Waals surface area contributed by atoms with E-state index in [-0.39, 0.29) is 18.3 Å². The van der Waals surface area contributed by atoms with Crippen molar-refractivity contribution in [3.05, 3.63) is 35.9 Å². The highest BCUT2D eigenvalue weighted by Crippen LogP contribution is 2.12. The number of nitrogens with zero attached hydrogens (tertiary/aromatic N) is 1. The van der Waals surface area contributed by atoms with Crippen molar-refractivity contribution in [1.82, 2.24) is 10.2 Å². The van der Waals surface area contributed by atoms with Crippen LogP contribution in [0.3, 0.4) is 0 Å². The SMILES string of the molecule is COC(=O)C[C@H]1C(=O)NCCN1CCCc1ccccc1. The highest BCUT2D eigenvalue weighted by atomic mass is 16.5. The van der Waals surface area contributed by atoms with Crippen LogP contribution in [-0.4, -0.2) is 49.6 Å². The van der Waals surface area contributed by atoms with Crippen LogP contribution in [-0.2, 0) is 20.7 Å². The number of carbonyl (C=O) groups excluding carboxylic acids is 2. The number of benzene rings is 1. The van der Waals surface area contributed by atoms with E-state index in [1.165, 1.54) is 12.7 Å². The molecule has 1 heterocycles. The lowest BCUT2D eigenvalue weighted by molar-refractivity contribution is -0.145. The maximum atomic E-state index is 11.9. The summed E-state index contributed by atoms with van der Waals surface area (Å²) in [4.78, 5) is 25.4. The summed E-state index contributed by atoms with van der Waals surface area (Å²) in [7, 11) is 1.35. The van der Waals surface area contributed by atoms with Gasteiger partial charge in [-0.25, -0.2) is 0 Å². The fourth-order valence-electron chi connectivity index (χ4n) is 2.62. The maximum absolute atomic E-state index is 11.9. The van der Waals surface area contributed by atoms with Crippen molar-refractivity contribution in [2.75, 3.05) is 26.7 Å². The number of esters is 1. The number of methoxy groups -OCH3 is 1. The molecule has 1 saturated heterocycles. The van der Waals surface area contributed by atoms with E-state index in [0.717, 1.165) is 25.9 Å². The second kappa shape index (κ2) is 7.78. The summed E-state index contributed by atoms with van der Waals surface area (Å²) >= 11 is 0. The van der Waals surface area contributed by atoms with Gasteiger partial charge in [0.15, 0.2) is 0 Å². The van der Waals surface area contributed by atoms with Crippen LogP contribution in [0.5, 0.6) is 0 Å². The molecule has 0 bridgehead atoms. The molecule has 5 nitrogen and oxygen atoms in total. The van der Waals surface area contributed by atoms with Gasteiger partial charge < -0.3 is 10.1 Å². The van der Waals surface area contributed by atoms with Gasteiger partial charge in [0, 0.05) is 13.1 Å². The van der Waals surface area contributed by atoms with E-state index in [9.17, 15) is 9.59 Å². The molecule has 114 valence electrons. The van der Waals surface area contributed by atoms with Gasteiger partial charge in [-0.05, 0) is 24.9 Å². The first-order valence-electron chi connectivity index (χ1n) is 7.33. The van der Waals surface area contributed by atoms with Crippen LogP contribution >= 0.6 is 0 Å². The molecule has 0 unspecified atom stereocenters. The zero-order valence-corrected chi connectivity index (χ0v) is 12.4. The van der Waals surface area contributed by atoms with Crippen molar-refractivity contribution in [2.24, 2.45) is 0 Å². The molecule has 1 amide bonds. The van der Waals surface area contributed by atoms with E-state index in [2.05, 4.69) is 27.1 Å².